The molecule has 1 aromatic heterocycles. The summed E-state index contributed by atoms with van der Waals surface area (Å²) in [6, 6.07) is 7.94. The number of nitrogens with one attached hydrogen (secondary N) is 1. The van der Waals surface area contributed by atoms with Crippen molar-refractivity contribution in [3.8, 4) is 17.0 Å². The predicted octanol–water partition coefficient (Wildman–Crippen LogP) is 4.16. The molecule has 0 atom stereocenters. The molecular formula is C32H38N4O6S. The minimum absolute atomic E-state index is 0.00719. The lowest BCUT2D eigenvalue weighted by molar-refractivity contribution is -0.126. The third kappa shape index (κ3) is 5.57. The molecule has 1 fully saturated rings. The average Bonchev–Trinajstić information content (AvgIpc) is 3.37. The summed E-state index contributed by atoms with van der Waals surface area (Å²) in [7, 11) is -3.78. The van der Waals surface area contributed by atoms with Crippen LogP contribution in [-0.2, 0) is 26.2 Å². The van der Waals surface area contributed by atoms with Gasteiger partial charge in [-0.15, -0.1) is 0 Å². The van der Waals surface area contributed by atoms with Crippen LogP contribution in [0.25, 0.3) is 28.2 Å². The lowest BCUT2D eigenvalue weighted by Crippen LogP contribution is -2.42. The number of aromatic nitrogens is 1. The van der Waals surface area contributed by atoms with Crippen molar-refractivity contribution >= 4 is 39.0 Å². The normalized spacial score (nSPS) is 30.5. The number of hydrogen-bond donors (Lipinski definition) is 1. The van der Waals surface area contributed by atoms with Crippen LogP contribution in [0.4, 0.5) is 0 Å². The topological polar surface area (TPSA) is 110 Å². The van der Waals surface area contributed by atoms with Crippen molar-refractivity contribution in [3.05, 3.63) is 58.7 Å². The molecule has 0 saturated heterocycles. The van der Waals surface area contributed by atoms with Crippen molar-refractivity contribution in [3.63, 3.8) is 0 Å². The van der Waals surface area contributed by atoms with Crippen LogP contribution in [-0.4, -0.2) is 81.4 Å². The molecule has 43 heavy (non-hydrogen) atoms. The molecule has 228 valence electrons. The molecule has 2 aromatic carbocycles. The van der Waals surface area contributed by atoms with E-state index in [1.54, 1.807) is 4.72 Å². The van der Waals surface area contributed by atoms with E-state index in [4.69, 9.17) is 25.9 Å². The Labute approximate surface area is 272 Å². The van der Waals surface area contributed by atoms with E-state index < -0.39 is 118 Å². The zero-order valence-corrected chi connectivity index (χ0v) is 23.9. The molecule has 1 N–H and O–H groups in total. The Hall–Kier alpha value is -3.67. The first-order chi connectivity index (χ1) is 26.1. The summed E-state index contributed by atoms with van der Waals surface area (Å²) in [5, 5.41) is 0.0888. The number of nitrogens with zero attached hydrogens (tertiary/aromatic N) is 3. The molecule has 4 bridgehead atoms. The summed E-state index contributed by atoms with van der Waals surface area (Å²) >= 11 is 0. The van der Waals surface area contributed by atoms with E-state index in [0.29, 0.717) is 4.90 Å². The van der Waals surface area contributed by atoms with E-state index in [-0.39, 0.29) is 43.3 Å². The van der Waals surface area contributed by atoms with E-state index >= 15 is 0 Å². The zero-order chi connectivity index (χ0) is 42.5. The third-order valence-corrected chi connectivity index (χ3v) is 8.69. The number of benzene rings is 2. The lowest BCUT2D eigenvalue weighted by Gasteiger charge is -2.24. The number of carbonyl (C=O) groups is 2. The van der Waals surface area contributed by atoms with E-state index in [1.807, 2.05) is 0 Å². The minimum atomic E-state index is -5.13. The Kier molecular flexibility index (Phi) is 4.65. The number of ether oxygens (including phenoxy) is 2. The highest BCUT2D eigenvalue weighted by Crippen LogP contribution is 2.47. The maximum atomic E-state index is 14.5. The van der Waals surface area contributed by atoms with Crippen LogP contribution in [0, 0.1) is 0 Å². The summed E-state index contributed by atoms with van der Waals surface area (Å²) in [6.07, 6.45) is -8.58. The van der Waals surface area contributed by atoms with Crippen LogP contribution in [0.3, 0.4) is 0 Å². The highest BCUT2D eigenvalue weighted by Gasteiger charge is 2.31. The molecule has 2 amide bonds. The molecule has 2 aliphatic heterocycles. The van der Waals surface area contributed by atoms with E-state index in [2.05, 4.69) is 0 Å². The van der Waals surface area contributed by atoms with Gasteiger partial charge in [0.25, 0.3) is 11.8 Å². The molecule has 10 nitrogen and oxygen atoms in total. The predicted molar refractivity (Wildman–Crippen MR) is 165 cm³/mol. The van der Waals surface area contributed by atoms with Gasteiger partial charge in [0, 0.05) is 71.1 Å². The second-order valence-corrected chi connectivity index (χ2v) is 11.7. The largest absolute Gasteiger partial charge is 0.497 e. The first-order valence-corrected chi connectivity index (χ1v) is 14.8. The van der Waals surface area contributed by atoms with Crippen molar-refractivity contribution < 1.29 is 46.7 Å². The van der Waals surface area contributed by atoms with Gasteiger partial charge in [0.1, 0.15) is 5.75 Å². The Morgan fingerprint density at radius 1 is 1.05 bits per heavy atom. The maximum Gasteiger partial charge on any atom is 0.303 e. The molecule has 3 aliphatic rings. The summed E-state index contributed by atoms with van der Waals surface area (Å²) in [6.45, 7) is -12.3. The van der Waals surface area contributed by atoms with Crippen molar-refractivity contribution in [1.29, 1.82) is 0 Å². The summed E-state index contributed by atoms with van der Waals surface area (Å²) < 4.78 is 159. The fourth-order valence-corrected chi connectivity index (χ4v) is 6.14. The number of carbonyl (C=O) groups excluding carboxylic acids is 2. The molecule has 3 aromatic rings. The van der Waals surface area contributed by atoms with E-state index in [0.717, 1.165) is 22.8 Å². The van der Waals surface area contributed by atoms with Crippen LogP contribution in [0.2, 0.25) is 0 Å². The minimum Gasteiger partial charge on any atom is -0.497 e. The van der Waals surface area contributed by atoms with Crippen molar-refractivity contribution in [1.82, 2.24) is 18.5 Å². The highest BCUT2D eigenvalue weighted by atomic mass is 32.2. The fraction of sp³-hybridized carbons (Fsp3) is 0.438. The fourth-order valence-electron chi connectivity index (χ4n) is 5.36. The Bertz CT molecular complexity index is 2270. The first-order valence-electron chi connectivity index (χ1n) is 20.4. The number of fused-ring (bicyclic) bond motifs is 4. The molecule has 6 rings (SSSR count). The molecule has 1 aliphatic carbocycles. The van der Waals surface area contributed by atoms with Crippen LogP contribution in [0.5, 0.6) is 5.75 Å². The van der Waals surface area contributed by atoms with Gasteiger partial charge in [-0.3, -0.25) is 9.59 Å². The summed E-state index contributed by atoms with van der Waals surface area (Å²) in [4.78, 5) is 28.6. The van der Waals surface area contributed by atoms with Gasteiger partial charge in [-0.25, -0.2) is 4.72 Å². The monoisotopic (exact) mass is 620 g/mol. The molecule has 0 radical (unpaired) electrons. The molecule has 0 spiro atoms. The van der Waals surface area contributed by atoms with Gasteiger partial charge in [0.15, 0.2) is 0 Å². The Morgan fingerprint density at radius 3 is 2.63 bits per heavy atom. The van der Waals surface area contributed by atoms with Gasteiger partial charge >= 0.3 is 10.2 Å². The van der Waals surface area contributed by atoms with Gasteiger partial charge < -0.3 is 18.9 Å². The number of rotatable bonds is 2. The third-order valence-electron chi connectivity index (χ3n) is 7.48. The van der Waals surface area contributed by atoms with Crippen molar-refractivity contribution in [2.75, 3.05) is 47.4 Å². The van der Waals surface area contributed by atoms with Crippen LogP contribution < -0.4 is 9.46 Å². The number of methoxy groups -OCH3 is 1. The quantitative estimate of drug-likeness (QED) is 0.461. The maximum absolute atomic E-state index is 14.5. The summed E-state index contributed by atoms with van der Waals surface area (Å²) in [5.41, 5.74) is -0.995. The molecular weight excluding hydrogens is 568 g/mol. The van der Waals surface area contributed by atoms with Gasteiger partial charge in [-0.05, 0) is 66.3 Å². The Balaban J connectivity index is 1.73. The zero-order valence-electron chi connectivity index (χ0n) is 37.1. The van der Waals surface area contributed by atoms with E-state index in [9.17, 15) is 20.7 Å². The highest BCUT2D eigenvalue weighted by molar-refractivity contribution is 7.87. The molecule has 11 heteroatoms. The van der Waals surface area contributed by atoms with Crippen molar-refractivity contribution in [2.45, 2.75) is 44.4 Å². The second kappa shape index (κ2) is 11.8. The van der Waals surface area contributed by atoms with Gasteiger partial charge in [-0.2, -0.15) is 12.7 Å². The standard InChI is InChI=1S/C32H38N4O6S/c1-34-13-15-42-16-14-35(2)43(39,40)33-31(37)22-9-11-27-28(19-22)36-20-24(32(34)38)17-23-18-25(41-3)10-12-26(23)30(36)29(27)21-7-5-4-6-8-21/h9-12,17-19,21H,4-8,13-16,20H2,1-3H3,(H,33,37)/i1D3,2D3,4D2,5D2,6D2,20D2. The van der Waals surface area contributed by atoms with Gasteiger partial charge in [0.05, 0.1) is 35.3 Å². The smallest absolute Gasteiger partial charge is 0.303 e. The first kappa shape index (κ1) is 17.0. The van der Waals surface area contributed by atoms with Crippen LogP contribution in [0.15, 0.2) is 42.0 Å². The van der Waals surface area contributed by atoms with Crippen LogP contribution in [0.1, 0.15) is 78.6 Å². The number of likely N-dealkylation sites (N-methyl/N-ethyl adjacent to an activating group) is 2. The van der Waals surface area contributed by atoms with E-state index in [1.165, 1.54) is 31.4 Å². The molecule has 1 saturated carbocycles. The van der Waals surface area contributed by atoms with Crippen LogP contribution >= 0.6 is 0 Å². The SMILES string of the molecule is [2H]C([2H])([2H])N1CCOCCN(C([2H])([2H])[2H])S(=O)(=O)NC(=O)c2ccc3c(C4CC([2H])([2H])C([2H])([2H])C([2H])([2H])C4)c4n(c3c2)C([2H])([2H])C(=Cc2cc(OC)ccc2-4)C1=O. The molecule has 3 heterocycles. The van der Waals surface area contributed by atoms with Gasteiger partial charge in [-0.1, -0.05) is 25.2 Å². The lowest BCUT2D eigenvalue weighted by atomic mass is 9.81. The summed E-state index contributed by atoms with van der Waals surface area (Å²) in [5.74, 6) is -3.60. The Morgan fingerprint density at radius 2 is 1.86 bits per heavy atom. The van der Waals surface area contributed by atoms with Gasteiger partial charge in [0.2, 0.25) is 0 Å². The second-order valence-electron chi connectivity index (χ2n) is 10.1. The number of amides is 2. The average molecular weight is 621 g/mol. The number of hydrogen-bond acceptors (Lipinski definition) is 6. The molecule has 0 unspecified atom stereocenters. The van der Waals surface area contributed by atoms with Crippen molar-refractivity contribution in [2.24, 2.45) is 0 Å².